The first-order valence-corrected chi connectivity index (χ1v) is 8.21. The fraction of sp³-hybridized carbons (Fsp3) is 0.588. The molecule has 3 rings (SSSR count). The maximum absolute atomic E-state index is 12.2. The average Bonchev–Trinajstić information content (AvgIpc) is 2.84. The summed E-state index contributed by atoms with van der Waals surface area (Å²) in [6, 6.07) is 4.99. The molecule has 2 aliphatic heterocycles. The molecule has 2 heterocycles. The average molecular weight is 333 g/mol. The predicted molar refractivity (Wildman–Crippen MR) is 90.3 cm³/mol. The van der Waals surface area contributed by atoms with Crippen molar-refractivity contribution in [2.75, 3.05) is 25.0 Å². The minimum Gasteiger partial charge on any atom is -0.444 e. The zero-order valence-electron chi connectivity index (χ0n) is 14.3. The van der Waals surface area contributed by atoms with Crippen molar-refractivity contribution >= 4 is 17.5 Å². The normalized spacial score (nSPS) is 18.9. The van der Waals surface area contributed by atoms with Gasteiger partial charge >= 0.3 is 6.09 Å². The molecule has 0 aliphatic carbocycles. The lowest BCUT2D eigenvalue weighted by Gasteiger charge is -2.39. The van der Waals surface area contributed by atoms with Gasteiger partial charge in [0.2, 0.25) is 0 Å². The van der Waals surface area contributed by atoms with Crippen molar-refractivity contribution in [2.24, 2.45) is 0 Å². The number of amides is 1. The fourth-order valence-corrected chi connectivity index (χ4v) is 3.49. The van der Waals surface area contributed by atoms with E-state index in [9.17, 15) is 14.9 Å². The highest BCUT2D eigenvalue weighted by Gasteiger charge is 2.43. The SMILES string of the molecule is CC(C)(C)OC(=O)N1CCC2(CC1)CNc1ccc([N+](=O)[O-])cc12. The molecule has 1 spiro atoms. The molecule has 0 atom stereocenters. The van der Waals surface area contributed by atoms with Crippen molar-refractivity contribution in [1.82, 2.24) is 4.90 Å². The van der Waals surface area contributed by atoms with Crippen LogP contribution in [0.2, 0.25) is 0 Å². The Labute approximate surface area is 141 Å². The molecule has 1 aromatic rings. The molecule has 0 radical (unpaired) electrons. The van der Waals surface area contributed by atoms with Crippen LogP contribution in [0.3, 0.4) is 0 Å². The van der Waals surface area contributed by atoms with E-state index in [2.05, 4.69) is 5.32 Å². The van der Waals surface area contributed by atoms with Crippen LogP contribution in [0.5, 0.6) is 0 Å². The number of carbonyl (C=O) groups is 1. The van der Waals surface area contributed by atoms with Crippen molar-refractivity contribution in [3.8, 4) is 0 Å². The Kier molecular flexibility index (Phi) is 3.89. The number of hydrogen-bond donors (Lipinski definition) is 1. The van der Waals surface area contributed by atoms with Gasteiger partial charge in [0.15, 0.2) is 0 Å². The Morgan fingerprint density at radius 1 is 1.33 bits per heavy atom. The second kappa shape index (κ2) is 5.65. The summed E-state index contributed by atoms with van der Waals surface area (Å²) in [6.45, 7) is 7.51. The first kappa shape index (κ1) is 16.5. The Bertz CT molecular complexity index is 673. The largest absolute Gasteiger partial charge is 0.444 e. The zero-order chi connectivity index (χ0) is 17.5. The number of nitrogens with one attached hydrogen (secondary N) is 1. The molecule has 1 N–H and O–H groups in total. The maximum Gasteiger partial charge on any atom is 0.410 e. The van der Waals surface area contributed by atoms with Crippen LogP contribution in [0.1, 0.15) is 39.2 Å². The highest BCUT2D eigenvalue weighted by molar-refractivity contribution is 5.69. The van der Waals surface area contributed by atoms with Gasteiger partial charge in [-0.1, -0.05) is 0 Å². The van der Waals surface area contributed by atoms with E-state index in [1.54, 1.807) is 17.0 Å². The Balaban J connectivity index is 1.75. The molecule has 7 nitrogen and oxygen atoms in total. The van der Waals surface area contributed by atoms with E-state index < -0.39 is 5.60 Å². The summed E-state index contributed by atoms with van der Waals surface area (Å²) in [5.41, 5.74) is 1.44. The fourth-order valence-electron chi connectivity index (χ4n) is 3.49. The second-order valence-electron chi connectivity index (χ2n) is 7.59. The number of anilines is 1. The van der Waals surface area contributed by atoms with Gasteiger partial charge in [0.1, 0.15) is 5.60 Å². The number of nitrogens with zero attached hydrogens (tertiary/aromatic N) is 2. The minimum atomic E-state index is -0.506. The van der Waals surface area contributed by atoms with Gasteiger partial charge < -0.3 is 15.0 Å². The number of nitro groups is 1. The molecule has 1 amide bonds. The number of likely N-dealkylation sites (tertiary alicyclic amines) is 1. The van der Waals surface area contributed by atoms with Crippen LogP contribution in [0.25, 0.3) is 0 Å². The summed E-state index contributed by atoms with van der Waals surface area (Å²) >= 11 is 0. The number of rotatable bonds is 1. The van der Waals surface area contributed by atoms with Crippen LogP contribution in [0.15, 0.2) is 18.2 Å². The van der Waals surface area contributed by atoms with E-state index in [-0.39, 0.29) is 22.1 Å². The Hall–Kier alpha value is -2.31. The quantitative estimate of drug-likeness (QED) is 0.629. The summed E-state index contributed by atoms with van der Waals surface area (Å²) in [5, 5.41) is 14.4. The van der Waals surface area contributed by atoms with Gasteiger partial charge in [-0.15, -0.1) is 0 Å². The predicted octanol–water partition coefficient (Wildman–Crippen LogP) is 3.29. The number of piperidine rings is 1. The molecule has 0 aromatic heterocycles. The molecule has 7 heteroatoms. The third kappa shape index (κ3) is 3.02. The van der Waals surface area contributed by atoms with E-state index in [1.165, 1.54) is 6.07 Å². The molecule has 0 bridgehead atoms. The second-order valence-corrected chi connectivity index (χ2v) is 7.59. The molecule has 130 valence electrons. The number of nitro benzene ring substituents is 1. The zero-order valence-corrected chi connectivity index (χ0v) is 14.3. The monoisotopic (exact) mass is 333 g/mol. The minimum absolute atomic E-state index is 0.117. The first-order chi connectivity index (χ1) is 11.2. The molecule has 2 aliphatic rings. The van der Waals surface area contributed by atoms with E-state index in [0.29, 0.717) is 13.1 Å². The highest BCUT2D eigenvalue weighted by atomic mass is 16.6. The van der Waals surface area contributed by atoms with E-state index in [0.717, 1.165) is 30.6 Å². The van der Waals surface area contributed by atoms with Gasteiger partial charge in [-0.05, 0) is 45.2 Å². The maximum atomic E-state index is 12.2. The standard InChI is InChI=1S/C17H23N3O4/c1-16(2,3)24-15(21)19-8-6-17(7-9-19)11-18-14-5-4-12(20(22)23)10-13(14)17/h4-5,10,18H,6-9,11H2,1-3H3. The van der Waals surface area contributed by atoms with Crippen LogP contribution in [0, 0.1) is 10.1 Å². The molecule has 0 saturated carbocycles. The van der Waals surface area contributed by atoms with Crippen LogP contribution >= 0.6 is 0 Å². The third-order valence-corrected chi connectivity index (χ3v) is 4.77. The number of non-ortho nitro benzene ring substituents is 1. The van der Waals surface area contributed by atoms with Crippen molar-refractivity contribution in [2.45, 2.75) is 44.6 Å². The summed E-state index contributed by atoms with van der Waals surface area (Å²) in [7, 11) is 0. The molecule has 1 fully saturated rings. The molecular formula is C17H23N3O4. The lowest BCUT2D eigenvalue weighted by Crippen LogP contribution is -2.47. The van der Waals surface area contributed by atoms with Crippen LogP contribution < -0.4 is 5.32 Å². The van der Waals surface area contributed by atoms with E-state index in [1.807, 2.05) is 20.8 Å². The van der Waals surface area contributed by atoms with Crippen molar-refractivity contribution in [3.05, 3.63) is 33.9 Å². The van der Waals surface area contributed by atoms with Gasteiger partial charge in [-0.2, -0.15) is 0 Å². The van der Waals surface area contributed by atoms with Gasteiger partial charge in [0, 0.05) is 42.9 Å². The molecule has 1 aromatic carbocycles. The van der Waals surface area contributed by atoms with Gasteiger partial charge in [-0.3, -0.25) is 10.1 Å². The van der Waals surface area contributed by atoms with Crippen LogP contribution in [-0.2, 0) is 10.2 Å². The molecular weight excluding hydrogens is 310 g/mol. The van der Waals surface area contributed by atoms with Gasteiger partial charge in [0.05, 0.1) is 4.92 Å². The number of hydrogen-bond acceptors (Lipinski definition) is 5. The first-order valence-electron chi connectivity index (χ1n) is 8.21. The highest BCUT2D eigenvalue weighted by Crippen LogP contribution is 2.45. The molecule has 24 heavy (non-hydrogen) atoms. The lowest BCUT2D eigenvalue weighted by molar-refractivity contribution is -0.384. The number of fused-ring (bicyclic) bond motifs is 2. The number of ether oxygens (including phenoxy) is 1. The summed E-state index contributed by atoms with van der Waals surface area (Å²) in [5.74, 6) is 0. The summed E-state index contributed by atoms with van der Waals surface area (Å²) in [6.07, 6.45) is 1.25. The van der Waals surface area contributed by atoms with Gasteiger partial charge in [-0.25, -0.2) is 4.79 Å². The molecule has 1 saturated heterocycles. The third-order valence-electron chi connectivity index (χ3n) is 4.77. The van der Waals surface area contributed by atoms with Crippen molar-refractivity contribution in [1.29, 1.82) is 0 Å². The van der Waals surface area contributed by atoms with Crippen LogP contribution in [0.4, 0.5) is 16.2 Å². The van der Waals surface area contributed by atoms with Crippen molar-refractivity contribution in [3.63, 3.8) is 0 Å². The smallest absolute Gasteiger partial charge is 0.410 e. The Morgan fingerprint density at radius 2 is 2.00 bits per heavy atom. The van der Waals surface area contributed by atoms with Crippen LogP contribution in [-0.4, -0.2) is 41.2 Å². The summed E-state index contributed by atoms with van der Waals surface area (Å²) < 4.78 is 5.43. The number of carbonyl (C=O) groups excluding carboxylic acids is 1. The van der Waals surface area contributed by atoms with Crippen molar-refractivity contribution < 1.29 is 14.5 Å². The lowest BCUT2D eigenvalue weighted by atomic mass is 9.74. The Morgan fingerprint density at radius 3 is 2.58 bits per heavy atom. The topological polar surface area (TPSA) is 84.7 Å². The molecule has 0 unspecified atom stereocenters. The van der Waals surface area contributed by atoms with E-state index >= 15 is 0 Å². The number of benzene rings is 1. The van der Waals surface area contributed by atoms with E-state index in [4.69, 9.17) is 4.74 Å². The van der Waals surface area contributed by atoms with Gasteiger partial charge in [0.25, 0.3) is 5.69 Å². The summed E-state index contributed by atoms with van der Waals surface area (Å²) in [4.78, 5) is 24.6.